The Morgan fingerprint density at radius 3 is 2.10 bits per heavy atom. The normalized spacial score (nSPS) is 16.2. The highest BCUT2D eigenvalue weighted by atomic mass is 16.5. The van der Waals surface area contributed by atoms with E-state index in [1.54, 1.807) is 0 Å². The monoisotopic (exact) mass is 524 g/mol. The molecule has 0 saturated carbocycles. The summed E-state index contributed by atoms with van der Waals surface area (Å²) in [4.78, 5) is 18.9. The molecule has 0 radical (unpaired) electrons. The number of fused-ring (bicyclic) bond motifs is 1. The number of rotatable bonds is 9. The Morgan fingerprint density at radius 1 is 0.769 bits per heavy atom. The fraction of sp³-hybridized carbons (Fsp3) is 0.400. The molecule has 2 aromatic heterocycles. The molecular weight excluding hydrogens is 488 g/mol. The predicted molar refractivity (Wildman–Crippen MR) is 157 cm³/mol. The molecule has 9 nitrogen and oxygen atoms in total. The molecule has 6 rings (SSSR count). The van der Waals surface area contributed by atoms with Gasteiger partial charge < -0.3 is 19.1 Å². The fourth-order valence-electron chi connectivity index (χ4n) is 5.38. The number of hydrogen-bond donors (Lipinski definition) is 1. The maximum absolute atomic E-state index is 5.93. The van der Waals surface area contributed by atoms with Crippen molar-refractivity contribution in [1.29, 1.82) is 0 Å². The van der Waals surface area contributed by atoms with Crippen LogP contribution in [0.15, 0.2) is 65.9 Å². The molecule has 202 valence electrons. The number of anilines is 3. The van der Waals surface area contributed by atoms with Crippen molar-refractivity contribution in [2.24, 2.45) is 5.10 Å². The predicted octanol–water partition coefficient (Wildman–Crippen LogP) is 5.33. The topological polar surface area (TPSA) is 83.7 Å². The molecule has 2 saturated heterocycles. The van der Waals surface area contributed by atoms with Crippen molar-refractivity contribution in [2.45, 2.75) is 45.1 Å². The van der Waals surface area contributed by atoms with Gasteiger partial charge in [0.25, 0.3) is 0 Å². The van der Waals surface area contributed by atoms with Crippen molar-refractivity contribution in [3.63, 3.8) is 0 Å². The Hall–Kier alpha value is -4.14. The summed E-state index contributed by atoms with van der Waals surface area (Å²) in [6, 6.07) is 18.3. The summed E-state index contributed by atoms with van der Waals surface area (Å²) in [5.74, 6) is 2.86. The van der Waals surface area contributed by atoms with Gasteiger partial charge in [0.2, 0.25) is 17.8 Å². The van der Waals surface area contributed by atoms with Gasteiger partial charge in [0, 0.05) is 48.8 Å². The van der Waals surface area contributed by atoms with Gasteiger partial charge in [0.1, 0.15) is 12.4 Å². The third kappa shape index (κ3) is 6.13. The van der Waals surface area contributed by atoms with Crippen molar-refractivity contribution in [1.82, 2.24) is 19.5 Å². The summed E-state index contributed by atoms with van der Waals surface area (Å²) in [5, 5.41) is 5.71. The standard InChI is InChI=1S/C30H36N8O/c1-4-12-25(13-5-1)39-21-20-38-23-24(26-14-6-7-15-27(26)38)22-31-35-28-32-29(36-16-8-2-9-17-36)34-30(33-28)37-18-10-3-11-19-37/h1,4-7,12-15,22-23H,2-3,8-11,16-21H2,(H,32,33,34,35). The second-order valence-corrected chi connectivity index (χ2v) is 10.2. The minimum absolute atomic E-state index is 0.488. The van der Waals surface area contributed by atoms with Crippen molar-refractivity contribution in [3.05, 3.63) is 66.4 Å². The first-order chi connectivity index (χ1) is 19.3. The second kappa shape index (κ2) is 12.1. The van der Waals surface area contributed by atoms with E-state index in [1.165, 1.54) is 38.5 Å². The molecule has 2 fully saturated rings. The van der Waals surface area contributed by atoms with Crippen LogP contribution in [0.25, 0.3) is 10.9 Å². The highest BCUT2D eigenvalue weighted by molar-refractivity contribution is 5.99. The van der Waals surface area contributed by atoms with Gasteiger partial charge in [-0.15, -0.1) is 0 Å². The number of nitrogens with zero attached hydrogens (tertiary/aromatic N) is 7. The number of ether oxygens (including phenoxy) is 1. The maximum Gasteiger partial charge on any atom is 0.250 e. The molecule has 0 unspecified atom stereocenters. The van der Waals surface area contributed by atoms with Crippen LogP contribution in [0.2, 0.25) is 0 Å². The average molecular weight is 525 g/mol. The lowest BCUT2D eigenvalue weighted by Crippen LogP contribution is -2.34. The molecule has 9 heteroatoms. The zero-order chi connectivity index (χ0) is 26.3. The van der Waals surface area contributed by atoms with Crippen LogP contribution >= 0.6 is 0 Å². The first kappa shape index (κ1) is 25.2. The van der Waals surface area contributed by atoms with Gasteiger partial charge in [-0.05, 0) is 56.7 Å². The number of hydrazone groups is 1. The number of benzene rings is 2. The van der Waals surface area contributed by atoms with E-state index >= 15 is 0 Å². The molecule has 39 heavy (non-hydrogen) atoms. The summed E-state index contributed by atoms with van der Waals surface area (Å²) >= 11 is 0. The van der Waals surface area contributed by atoms with Crippen molar-refractivity contribution < 1.29 is 4.74 Å². The van der Waals surface area contributed by atoms with E-state index in [0.717, 1.165) is 66.8 Å². The second-order valence-electron chi connectivity index (χ2n) is 10.2. The van der Waals surface area contributed by atoms with Crippen molar-refractivity contribution in [3.8, 4) is 5.75 Å². The van der Waals surface area contributed by atoms with Gasteiger partial charge in [0.15, 0.2) is 0 Å². The summed E-state index contributed by atoms with van der Waals surface area (Å²) in [5.41, 5.74) is 5.29. The lowest BCUT2D eigenvalue weighted by atomic mass is 10.1. The molecule has 0 amide bonds. The molecule has 2 aliphatic heterocycles. The molecule has 4 heterocycles. The van der Waals surface area contributed by atoms with E-state index in [-0.39, 0.29) is 0 Å². The van der Waals surface area contributed by atoms with Crippen LogP contribution in [0.3, 0.4) is 0 Å². The molecule has 2 aromatic carbocycles. The zero-order valence-corrected chi connectivity index (χ0v) is 22.4. The summed E-state index contributed by atoms with van der Waals surface area (Å²) in [6.07, 6.45) is 11.2. The highest BCUT2D eigenvalue weighted by Crippen LogP contribution is 2.23. The maximum atomic E-state index is 5.93. The smallest absolute Gasteiger partial charge is 0.250 e. The van der Waals surface area contributed by atoms with E-state index in [9.17, 15) is 0 Å². The highest BCUT2D eigenvalue weighted by Gasteiger charge is 2.20. The number of nitrogens with one attached hydrogen (secondary N) is 1. The van der Waals surface area contributed by atoms with Gasteiger partial charge in [-0.3, -0.25) is 0 Å². The molecule has 1 N–H and O–H groups in total. The molecule has 0 spiro atoms. The van der Waals surface area contributed by atoms with Crippen LogP contribution in [0, 0.1) is 0 Å². The van der Waals surface area contributed by atoms with Crippen LogP contribution in [0.1, 0.15) is 44.1 Å². The molecule has 0 bridgehead atoms. The number of hydrogen-bond acceptors (Lipinski definition) is 8. The Labute approximate surface area is 229 Å². The van der Waals surface area contributed by atoms with Crippen LogP contribution in [0.5, 0.6) is 5.75 Å². The van der Waals surface area contributed by atoms with E-state index < -0.39 is 0 Å². The lowest BCUT2D eigenvalue weighted by Gasteiger charge is -2.30. The number of piperidine rings is 2. The average Bonchev–Trinajstić information content (AvgIpc) is 3.36. The van der Waals surface area contributed by atoms with Gasteiger partial charge >= 0.3 is 0 Å². The molecular formula is C30H36N8O. The van der Waals surface area contributed by atoms with Crippen LogP contribution in [-0.2, 0) is 6.54 Å². The van der Waals surface area contributed by atoms with E-state index in [0.29, 0.717) is 12.6 Å². The third-order valence-electron chi connectivity index (χ3n) is 7.42. The molecule has 0 atom stereocenters. The fourth-order valence-corrected chi connectivity index (χ4v) is 5.38. The Kier molecular flexibility index (Phi) is 7.84. The Morgan fingerprint density at radius 2 is 1.41 bits per heavy atom. The van der Waals surface area contributed by atoms with Gasteiger partial charge in [-0.2, -0.15) is 20.1 Å². The van der Waals surface area contributed by atoms with Crippen molar-refractivity contribution in [2.75, 3.05) is 48.0 Å². The van der Waals surface area contributed by atoms with Gasteiger partial charge in [-0.1, -0.05) is 36.4 Å². The third-order valence-corrected chi connectivity index (χ3v) is 7.42. The van der Waals surface area contributed by atoms with Crippen LogP contribution in [-0.4, -0.2) is 58.5 Å². The molecule has 0 aliphatic carbocycles. The quantitative estimate of drug-likeness (QED) is 0.234. The minimum atomic E-state index is 0.488. The van der Waals surface area contributed by atoms with Crippen molar-refractivity contribution >= 4 is 35.0 Å². The summed E-state index contributed by atoms with van der Waals surface area (Å²) in [6.45, 7) is 5.27. The van der Waals surface area contributed by atoms with E-state index in [1.807, 2.05) is 36.5 Å². The van der Waals surface area contributed by atoms with E-state index in [2.05, 4.69) is 55.4 Å². The number of para-hydroxylation sites is 2. The summed E-state index contributed by atoms with van der Waals surface area (Å²) in [7, 11) is 0. The Balaban J connectivity index is 1.20. The van der Waals surface area contributed by atoms with E-state index in [4.69, 9.17) is 19.7 Å². The first-order valence-electron chi connectivity index (χ1n) is 14.1. The zero-order valence-electron chi connectivity index (χ0n) is 22.4. The van der Waals surface area contributed by atoms with Crippen LogP contribution in [0.4, 0.5) is 17.8 Å². The first-order valence-corrected chi connectivity index (χ1v) is 14.1. The largest absolute Gasteiger partial charge is 0.492 e. The Bertz CT molecular complexity index is 1350. The molecule has 2 aliphatic rings. The van der Waals surface area contributed by atoms with Gasteiger partial charge in [-0.25, -0.2) is 5.43 Å². The van der Waals surface area contributed by atoms with Gasteiger partial charge in [0.05, 0.1) is 12.8 Å². The lowest BCUT2D eigenvalue weighted by molar-refractivity contribution is 0.300. The number of aromatic nitrogens is 4. The SMILES string of the molecule is C(=NNc1nc(N2CCCCC2)nc(N2CCCCC2)n1)c1cn(CCOc2ccccc2)c2ccccc12. The summed E-state index contributed by atoms with van der Waals surface area (Å²) < 4.78 is 8.15. The molecule has 4 aromatic rings. The van der Waals surface area contributed by atoms with Crippen LogP contribution < -0.4 is 20.0 Å². The minimum Gasteiger partial charge on any atom is -0.492 e.